The van der Waals surface area contributed by atoms with E-state index in [9.17, 15) is 0 Å². The Morgan fingerprint density at radius 2 is 0.917 bits per heavy atom. The van der Waals surface area contributed by atoms with Crippen LogP contribution in [0.15, 0.2) is 48.5 Å². The van der Waals surface area contributed by atoms with Gasteiger partial charge in [0.2, 0.25) is 0 Å². The molecule has 0 atom stereocenters. The number of nitrogens with zero attached hydrogens (tertiary/aromatic N) is 3. The van der Waals surface area contributed by atoms with Gasteiger partial charge in [-0.1, -0.05) is 0 Å². The van der Waals surface area contributed by atoms with Crippen molar-refractivity contribution < 1.29 is 0 Å². The van der Waals surface area contributed by atoms with Crippen molar-refractivity contribution in [1.29, 1.82) is 0 Å². The average molecular weight is 325 g/mol. The maximum absolute atomic E-state index is 5.82. The Labute approximate surface area is 144 Å². The number of rotatable bonds is 2. The number of hydrogen-bond acceptors (Lipinski definition) is 5. The molecule has 5 nitrogen and oxygen atoms in total. The lowest BCUT2D eigenvalue weighted by molar-refractivity contribution is 0.352. The highest BCUT2D eigenvalue weighted by Gasteiger charge is 2.15. The Morgan fingerprint density at radius 3 is 1.29 bits per heavy atom. The van der Waals surface area contributed by atoms with Gasteiger partial charge in [-0.05, 0) is 55.6 Å². The highest BCUT2D eigenvalue weighted by atomic mass is 15.3. The molecule has 128 valence electrons. The molecule has 0 unspecified atom stereocenters. The predicted octanol–water partition coefficient (Wildman–Crippen LogP) is 2.11. The van der Waals surface area contributed by atoms with Gasteiger partial charge in [-0.2, -0.15) is 0 Å². The zero-order chi connectivity index (χ0) is 16.9. The molecule has 1 aliphatic rings. The molecule has 0 radical (unpaired) electrons. The summed E-state index contributed by atoms with van der Waals surface area (Å²) < 4.78 is 0. The minimum atomic E-state index is 0.809. The quantitative estimate of drug-likeness (QED) is 0.828. The Hall–Kier alpha value is -2.40. The highest BCUT2D eigenvalue weighted by molar-refractivity contribution is 5.55. The fourth-order valence-corrected chi connectivity index (χ4v) is 3.05. The number of hydrogen-bond donors (Lipinski definition) is 2. The van der Waals surface area contributed by atoms with Gasteiger partial charge in [0, 0.05) is 62.0 Å². The van der Waals surface area contributed by atoms with E-state index >= 15 is 0 Å². The largest absolute Gasteiger partial charge is 0.399 e. The first-order valence-corrected chi connectivity index (χ1v) is 8.51. The van der Waals surface area contributed by atoms with Crippen LogP contribution in [0.5, 0.6) is 0 Å². The maximum Gasteiger partial charge on any atom is 0.0368 e. The summed E-state index contributed by atoms with van der Waals surface area (Å²) in [4.78, 5) is 7.26. The summed E-state index contributed by atoms with van der Waals surface area (Å²) in [5, 5.41) is 0. The molecule has 0 aliphatic carbocycles. The first-order valence-electron chi connectivity index (χ1n) is 8.51. The van der Waals surface area contributed by atoms with E-state index in [0.29, 0.717) is 0 Å². The molecule has 24 heavy (non-hydrogen) atoms. The monoisotopic (exact) mass is 325 g/mol. The summed E-state index contributed by atoms with van der Waals surface area (Å²) in [6, 6.07) is 16.4. The van der Waals surface area contributed by atoms with Crippen molar-refractivity contribution in [2.45, 2.75) is 0 Å². The predicted molar refractivity (Wildman–Crippen MR) is 104 cm³/mol. The van der Waals surface area contributed by atoms with Crippen LogP contribution in [0.4, 0.5) is 22.7 Å². The Morgan fingerprint density at radius 1 is 0.583 bits per heavy atom. The van der Waals surface area contributed by atoms with Crippen LogP contribution in [-0.2, 0) is 0 Å². The van der Waals surface area contributed by atoms with Gasteiger partial charge < -0.3 is 26.2 Å². The molecule has 5 heteroatoms. The topological polar surface area (TPSA) is 61.8 Å². The maximum atomic E-state index is 5.82. The van der Waals surface area contributed by atoms with Crippen molar-refractivity contribution in [2.24, 2.45) is 0 Å². The van der Waals surface area contributed by atoms with E-state index in [0.717, 1.165) is 50.6 Å². The van der Waals surface area contributed by atoms with E-state index in [1.165, 1.54) is 11.4 Å². The van der Waals surface area contributed by atoms with E-state index in [4.69, 9.17) is 11.5 Å². The van der Waals surface area contributed by atoms with Crippen LogP contribution in [0, 0.1) is 0 Å². The molecule has 1 fully saturated rings. The van der Waals surface area contributed by atoms with Crippen molar-refractivity contribution in [3.63, 3.8) is 0 Å². The van der Waals surface area contributed by atoms with E-state index in [1.54, 1.807) is 0 Å². The van der Waals surface area contributed by atoms with E-state index in [-0.39, 0.29) is 0 Å². The van der Waals surface area contributed by atoms with Gasteiger partial charge >= 0.3 is 0 Å². The first-order chi connectivity index (χ1) is 11.6. The first kappa shape index (κ1) is 16.5. The summed E-state index contributed by atoms with van der Waals surface area (Å²) in [7, 11) is 2.19. The number of likely N-dealkylation sites (N-methyl/N-ethyl adjacent to an activating group) is 1. The summed E-state index contributed by atoms with van der Waals surface area (Å²) in [5.74, 6) is 0. The van der Waals surface area contributed by atoms with Gasteiger partial charge in [0.1, 0.15) is 0 Å². The van der Waals surface area contributed by atoms with Crippen molar-refractivity contribution >= 4 is 22.7 Å². The lowest BCUT2D eigenvalue weighted by Crippen LogP contribution is -2.36. The standard InChI is InChI=1S/C19H27N5/c1-22-10-12-23(18-6-2-16(20)3-7-18)14-15-24(13-11-22)19-8-4-17(21)5-9-19/h2-9H,10-15,20-21H2,1H3. The van der Waals surface area contributed by atoms with Crippen LogP contribution in [0.25, 0.3) is 0 Å². The number of nitrogen functional groups attached to an aromatic ring is 2. The fourth-order valence-electron chi connectivity index (χ4n) is 3.05. The molecular formula is C19H27N5. The van der Waals surface area contributed by atoms with Crippen LogP contribution in [-0.4, -0.2) is 51.2 Å². The smallest absolute Gasteiger partial charge is 0.0368 e. The molecule has 0 aromatic heterocycles. The molecule has 0 amide bonds. The highest BCUT2D eigenvalue weighted by Crippen LogP contribution is 2.20. The van der Waals surface area contributed by atoms with Crippen LogP contribution in [0.2, 0.25) is 0 Å². The molecule has 0 bridgehead atoms. The Bertz CT molecular complexity index is 580. The van der Waals surface area contributed by atoms with Crippen LogP contribution < -0.4 is 21.3 Å². The third-order valence-corrected chi connectivity index (χ3v) is 4.66. The zero-order valence-electron chi connectivity index (χ0n) is 14.4. The van der Waals surface area contributed by atoms with Gasteiger partial charge in [-0.15, -0.1) is 0 Å². The minimum Gasteiger partial charge on any atom is -0.399 e. The van der Waals surface area contributed by atoms with Gasteiger partial charge in [0.15, 0.2) is 0 Å². The van der Waals surface area contributed by atoms with Crippen molar-refractivity contribution in [3.05, 3.63) is 48.5 Å². The fraction of sp³-hybridized carbons (Fsp3) is 0.368. The molecule has 1 heterocycles. The third-order valence-electron chi connectivity index (χ3n) is 4.66. The van der Waals surface area contributed by atoms with Gasteiger partial charge in [0.05, 0.1) is 0 Å². The third kappa shape index (κ3) is 4.11. The summed E-state index contributed by atoms with van der Waals surface area (Å²) >= 11 is 0. The van der Waals surface area contributed by atoms with Crippen molar-refractivity contribution in [1.82, 2.24) is 4.90 Å². The average Bonchev–Trinajstić information content (AvgIpc) is 2.68. The molecule has 0 spiro atoms. The van der Waals surface area contributed by atoms with Crippen molar-refractivity contribution in [3.8, 4) is 0 Å². The SMILES string of the molecule is CN1CCN(c2ccc(N)cc2)CCN(c2ccc(N)cc2)CC1. The van der Waals surface area contributed by atoms with Gasteiger partial charge in [-0.25, -0.2) is 0 Å². The molecule has 2 aromatic rings. The van der Waals surface area contributed by atoms with Gasteiger partial charge in [-0.3, -0.25) is 0 Å². The molecule has 0 saturated carbocycles. The minimum absolute atomic E-state index is 0.809. The Balaban J connectivity index is 1.77. The summed E-state index contributed by atoms with van der Waals surface area (Å²) in [6.07, 6.45) is 0. The van der Waals surface area contributed by atoms with E-state index < -0.39 is 0 Å². The number of benzene rings is 2. The second kappa shape index (κ2) is 7.45. The normalized spacial score (nSPS) is 17.2. The van der Waals surface area contributed by atoms with E-state index in [1.807, 2.05) is 24.3 Å². The Kier molecular flexibility index (Phi) is 5.11. The lowest BCUT2D eigenvalue weighted by atomic mass is 10.2. The molecular weight excluding hydrogens is 298 g/mol. The summed E-state index contributed by atoms with van der Waals surface area (Å²) in [5.41, 5.74) is 15.7. The summed E-state index contributed by atoms with van der Waals surface area (Å²) in [6.45, 7) is 6.14. The van der Waals surface area contributed by atoms with E-state index in [2.05, 4.69) is 46.0 Å². The second-order valence-electron chi connectivity index (χ2n) is 6.46. The van der Waals surface area contributed by atoms with Crippen molar-refractivity contribution in [2.75, 3.05) is 67.6 Å². The zero-order valence-corrected chi connectivity index (χ0v) is 14.4. The number of nitrogens with two attached hydrogens (primary N) is 2. The van der Waals surface area contributed by atoms with Crippen LogP contribution in [0.1, 0.15) is 0 Å². The van der Waals surface area contributed by atoms with Gasteiger partial charge in [0.25, 0.3) is 0 Å². The second-order valence-corrected chi connectivity index (χ2v) is 6.46. The van der Waals surface area contributed by atoms with Crippen LogP contribution in [0.3, 0.4) is 0 Å². The van der Waals surface area contributed by atoms with Crippen LogP contribution >= 0.6 is 0 Å². The molecule has 1 saturated heterocycles. The molecule has 1 aliphatic heterocycles. The molecule has 4 N–H and O–H groups in total. The molecule has 3 rings (SSSR count). The molecule has 2 aromatic carbocycles. The number of anilines is 4. The lowest BCUT2D eigenvalue weighted by Gasteiger charge is -2.29.